The Labute approximate surface area is 113 Å². The molecule has 2 heteroatoms. The second-order valence-corrected chi connectivity index (χ2v) is 4.93. The summed E-state index contributed by atoms with van der Waals surface area (Å²) < 4.78 is 5.38. The minimum atomic E-state index is 0.975. The molecule has 0 unspecified atom stereocenters. The quantitative estimate of drug-likeness (QED) is 0.738. The lowest BCUT2D eigenvalue weighted by Crippen LogP contribution is -1.91. The van der Waals surface area contributed by atoms with Crippen molar-refractivity contribution >= 4 is 11.8 Å². The van der Waals surface area contributed by atoms with E-state index >= 15 is 0 Å². The Morgan fingerprint density at radius 2 is 1.89 bits per heavy atom. The summed E-state index contributed by atoms with van der Waals surface area (Å²) in [5, 5.41) is 0. The van der Waals surface area contributed by atoms with Gasteiger partial charge < -0.3 is 4.74 Å². The molecule has 0 aromatic heterocycles. The Morgan fingerprint density at radius 3 is 2.56 bits per heavy atom. The smallest absolute Gasteiger partial charge is 0.122 e. The van der Waals surface area contributed by atoms with E-state index in [0.717, 1.165) is 12.2 Å². The van der Waals surface area contributed by atoms with Crippen molar-refractivity contribution in [2.75, 3.05) is 13.4 Å². The van der Waals surface area contributed by atoms with Crippen molar-refractivity contribution in [3.8, 4) is 16.9 Å². The van der Waals surface area contributed by atoms with Crippen LogP contribution in [0.4, 0.5) is 0 Å². The van der Waals surface area contributed by atoms with Crippen LogP contribution in [0.5, 0.6) is 5.75 Å². The van der Waals surface area contributed by atoms with Crippen LogP contribution in [0.3, 0.4) is 0 Å². The van der Waals surface area contributed by atoms with Gasteiger partial charge in [-0.25, -0.2) is 0 Å². The Hall–Kier alpha value is -1.41. The monoisotopic (exact) mass is 258 g/mol. The lowest BCUT2D eigenvalue weighted by Gasteiger charge is -2.11. The summed E-state index contributed by atoms with van der Waals surface area (Å²) in [4.78, 5) is 1.31. The van der Waals surface area contributed by atoms with Gasteiger partial charge in [0, 0.05) is 4.90 Å². The fourth-order valence-electron chi connectivity index (χ4n) is 2.11. The Morgan fingerprint density at radius 1 is 1.11 bits per heavy atom. The lowest BCUT2D eigenvalue weighted by molar-refractivity contribution is 0.410. The van der Waals surface area contributed by atoms with Gasteiger partial charge in [0.05, 0.1) is 7.11 Å². The molecule has 2 rings (SSSR count). The number of aryl methyl sites for hydroxylation is 1. The average Bonchev–Trinajstić information content (AvgIpc) is 2.46. The van der Waals surface area contributed by atoms with Crippen molar-refractivity contribution in [1.29, 1.82) is 0 Å². The molecule has 2 aromatic rings. The highest BCUT2D eigenvalue weighted by atomic mass is 32.2. The number of hydrogen-bond donors (Lipinski definition) is 0. The van der Waals surface area contributed by atoms with Crippen molar-refractivity contribution in [2.45, 2.75) is 18.2 Å². The average molecular weight is 258 g/mol. The van der Waals surface area contributed by atoms with Gasteiger partial charge in [0.1, 0.15) is 5.75 Å². The third-order valence-electron chi connectivity index (χ3n) is 3.08. The largest absolute Gasteiger partial charge is 0.496 e. The summed E-state index contributed by atoms with van der Waals surface area (Å²) in [6.45, 7) is 2.15. The first kappa shape index (κ1) is 13.0. The second kappa shape index (κ2) is 5.96. The Balaban J connectivity index is 2.51. The SMILES string of the molecule is CCc1cc(-c2ccccc2SC)ccc1OC. The molecule has 18 heavy (non-hydrogen) atoms. The molecule has 1 nitrogen and oxygen atoms in total. The molecule has 0 saturated heterocycles. The number of rotatable bonds is 4. The van der Waals surface area contributed by atoms with Crippen LogP contribution in [0.2, 0.25) is 0 Å². The van der Waals surface area contributed by atoms with E-state index in [1.807, 2.05) is 0 Å². The highest BCUT2D eigenvalue weighted by Crippen LogP contribution is 2.32. The van der Waals surface area contributed by atoms with Gasteiger partial charge in [-0.3, -0.25) is 0 Å². The van der Waals surface area contributed by atoms with Crippen molar-refractivity contribution in [2.24, 2.45) is 0 Å². The van der Waals surface area contributed by atoms with Gasteiger partial charge in [0.15, 0.2) is 0 Å². The van der Waals surface area contributed by atoms with E-state index in [1.165, 1.54) is 21.6 Å². The first-order valence-electron chi connectivity index (χ1n) is 6.10. The lowest BCUT2D eigenvalue weighted by atomic mass is 10.0. The van der Waals surface area contributed by atoms with Crippen LogP contribution in [0.25, 0.3) is 11.1 Å². The van der Waals surface area contributed by atoms with Gasteiger partial charge in [0.25, 0.3) is 0 Å². The summed E-state index contributed by atoms with van der Waals surface area (Å²) in [7, 11) is 1.73. The normalized spacial score (nSPS) is 10.4. The number of benzene rings is 2. The summed E-state index contributed by atoms with van der Waals surface area (Å²) in [6, 6.07) is 14.9. The molecule has 0 N–H and O–H groups in total. The van der Waals surface area contributed by atoms with Crippen LogP contribution in [-0.4, -0.2) is 13.4 Å². The summed E-state index contributed by atoms with van der Waals surface area (Å²) in [6.07, 6.45) is 3.10. The number of ether oxygens (including phenoxy) is 1. The maximum atomic E-state index is 5.38. The van der Waals surface area contributed by atoms with Gasteiger partial charge in [-0.1, -0.05) is 31.2 Å². The highest BCUT2D eigenvalue weighted by Gasteiger charge is 2.07. The summed E-state index contributed by atoms with van der Waals surface area (Å²) >= 11 is 1.78. The van der Waals surface area contributed by atoms with Crippen molar-refractivity contribution in [1.82, 2.24) is 0 Å². The van der Waals surface area contributed by atoms with Crippen LogP contribution in [0.1, 0.15) is 12.5 Å². The number of methoxy groups -OCH3 is 1. The predicted octanol–water partition coefficient (Wildman–Crippen LogP) is 4.65. The molecular formula is C16H18OS. The Kier molecular flexibility index (Phi) is 4.32. The highest BCUT2D eigenvalue weighted by molar-refractivity contribution is 7.98. The maximum Gasteiger partial charge on any atom is 0.122 e. The molecule has 0 bridgehead atoms. The molecular weight excluding hydrogens is 240 g/mol. The fraction of sp³-hybridized carbons (Fsp3) is 0.250. The van der Waals surface area contributed by atoms with Gasteiger partial charge in [-0.05, 0) is 47.6 Å². The zero-order chi connectivity index (χ0) is 13.0. The third kappa shape index (κ3) is 2.54. The molecule has 2 aromatic carbocycles. The van der Waals surface area contributed by atoms with Crippen LogP contribution in [-0.2, 0) is 6.42 Å². The molecule has 0 radical (unpaired) electrons. The Bertz CT molecular complexity index is 534. The van der Waals surface area contributed by atoms with Crippen molar-refractivity contribution < 1.29 is 4.74 Å². The van der Waals surface area contributed by atoms with E-state index < -0.39 is 0 Å². The first-order chi connectivity index (χ1) is 8.80. The topological polar surface area (TPSA) is 9.23 Å². The predicted molar refractivity (Wildman–Crippen MR) is 79.6 cm³/mol. The maximum absolute atomic E-state index is 5.38. The van der Waals surface area contributed by atoms with Crippen LogP contribution >= 0.6 is 11.8 Å². The van der Waals surface area contributed by atoms with E-state index in [4.69, 9.17) is 4.74 Å². The van der Waals surface area contributed by atoms with Gasteiger partial charge >= 0.3 is 0 Å². The molecule has 94 valence electrons. The third-order valence-corrected chi connectivity index (χ3v) is 3.88. The molecule has 0 atom stereocenters. The van der Waals surface area contributed by atoms with Crippen molar-refractivity contribution in [3.63, 3.8) is 0 Å². The van der Waals surface area contributed by atoms with Crippen LogP contribution in [0.15, 0.2) is 47.4 Å². The van der Waals surface area contributed by atoms with Gasteiger partial charge in [0.2, 0.25) is 0 Å². The van der Waals surface area contributed by atoms with Gasteiger partial charge in [-0.15, -0.1) is 11.8 Å². The molecule has 0 aliphatic heterocycles. The molecule has 0 aliphatic carbocycles. The molecule has 0 aliphatic rings. The molecule has 0 fully saturated rings. The van der Waals surface area contributed by atoms with E-state index in [9.17, 15) is 0 Å². The minimum absolute atomic E-state index is 0.975. The zero-order valence-electron chi connectivity index (χ0n) is 11.1. The first-order valence-corrected chi connectivity index (χ1v) is 7.33. The molecule has 0 heterocycles. The number of hydrogen-bond acceptors (Lipinski definition) is 2. The van der Waals surface area contributed by atoms with Crippen LogP contribution in [0, 0.1) is 0 Å². The summed E-state index contributed by atoms with van der Waals surface area (Å²) in [5.41, 5.74) is 3.81. The summed E-state index contributed by atoms with van der Waals surface area (Å²) in [5.74, 6) is 0.975. The zero-order valence-corrected chi connectivity index (χ0v) is 11.9. The minimum Gasteiger partial charge on any atom is -0.496 e. The van der Waals surface area contributed by atoms with E-state index in [2.05, 4.69) is 55.6 Å². The second-order valence-electron chi connectivity index (χ2n) is 4.08. The van der Waals surface area contributed by atoms with Crippen molar-refractivity contribution in [3.05, 3.63) is 48.0 Å². The van der Waals surface area contributed by atoms with E-state index in [0.29, 0.717) is 0 Å². The van der Waals surface area contributed by atoms with Gasteiger partial charge in [-0.2, -0.15) is 0 Å². The molecule has 0 saturated carbocycles. The van der Waals surface area contributed by atoms with Crippen LogP contribution < -0.4 is 4.74 Å². The molecule has 0 amide bonds. The van der Waals surface area contributed by atoms with E-state index in [1.54, 1.807) is 18.9 Å². The fourth-order valence-corrected chi connectivity index (χ4v) is 2.73. The van der Waals surface area contributed by atoms with E-state index in [-0.39, 0.29) is 0 Å². The standard InChI is InChI=1S/C16H18OS/c1-4-12-11-13(9-10-15(12)17-2)14-7-5-6-8-16(14)18-3/h5-11H,4H2,1-3H3. The molecule has 0 spiro atoms. The number of thioether (sulfide) groups is 1.